The molecule has 1 aromatic rings. The van der Waals surface area contributed by atoms with Gasteiger partial charge in [0.05, 0.1) is 11.7 Å². The minimum atomic E-state index is -3.27. The SMILES string of the molecule is CCCS(=O)(=O)N1CCCC(C(=O)NCc2cccc(N3CCCC3=O)c2)C1. The molecule has 2 amide bonds. The van der Waals surface area contributed by atoms with Gasteiger partial charge in [-0.15, -0.1) is 0 Å². The Labute approximate surface area is 167 Å². The molecule has 0 spiro atoms. The monoisotopic (exact) mass is 407 g/mol. The molecule has 154 valence electrons. The average molecular weight is 408 g/mol. The molecule has 0 bridgehead atoms. The van der Waals surface area contributed by atoms with E-state index < -0.39 is 10.0 Å². The van der Waals surface area contributed by atoms with E-state index in [9.17, 15) is 18.0 Å². The molecule has 2 aliphatic heterocycles. The van der Waals surface area contributed by atoms with Crippen molar-refractivity contribution >= 4 is 27.5 Å². The maximum absolute atomic E-state index is 12.6. The van der Waals surface area contributed by atoms with E-state index in [1.807, 2.05) is 31.2 Å². The minimum Gasteiger partial charge on any atom is -0.352 e. The normalized spacial score (nSPS) is 21.1. The Balaban J connectivity index is 1.57. The van der Waals surface area contributed by atoms with Gasteiger partial charge in [-0.2, -0.15) is 0 Å². The van der Waals surface area contributed by atoms with Gasteiger partial charge in [0.25, 0.3) is 0 Å². The van der Waals surface area contributed by atoms with Crippen LogP contribution in [0.4, 0.5) is 5.69 Å². The van der Waals surface area contributed by atoms with E-state index in [2.05, 4.69) is 5.32 Å². The van der Waals surface area contributed by atoms with Crippen molar-refractivity contribution in [2.75, 3.05) is 30.3 Å². The Morgan fingerprint density at radius 1 is 1.25 bits per heavy atom. The first-order valence-electron chi connectivity index (χ1n) is 10.1. The third-order valence-corrected chi connectivity index (χ3v) is 7.42. The van der Waals surface area contributed by atoms with Crippen molar-refractivity contribution in [3.05, 3.63) is 29.8 Å². The third-order valence-electron chi connectivity index (χ3n) is 5.37. The summed E-state index contributed by atoms with van der Waals surface area (Å²) in [6.45, 7) is 3.70. The van der Waals surface area contributed by atoms with Crippen LogP contribution in [0.3, 0.4) is 0 Å². The first-order chi connectivity index (χ1) is 13.4. The second kappa shape index (κ2) is 9.05. The highest BCUT2D eigenvalue weighted by atomic mass is 32.2. The number of hydrogen-bond acceptors (Lipinski definition) is 4. The lowest BCUT2D eigenvalue weighted by atomic mass is 9.98. The summed E-state index contributed by atoms with van der Waals surface area (Å²) in [5.74, 6) is -0.164. The maximum Gasteiger partial charge on any atom is 0.227 e. The Hall–Kier alpha value is -1.93. The molecule has 0 radical (unpaired) electrons. The number of carbonyl (C=O) groups excluding carboxylic acids is 2. The molecule has 28 heavy (non-hydrogen) atoms. The lowest BCUT2D eigenvalue weighted by Gasteiger charge is -2.31. The van der Waals surface area contributed by atoms with Crippen LogP contribution < -0.4 is 10.2 Å². The molecule has 2 saturated heterocycles. The van der Waals surface area contributed by atoms with Gasteiger partial charge in [-0.05, 0) is 43.4 Å². The smallest absolute Gasteiger partial charge is 0.227 e. The molecule has 8 heteroatoms. The number of anilines is 1. The molecular formula is C20H29N3O4S. The summed E-state index contributed by atoms with van der Waals surface area (Å²) in [6, 6.07) is 7.65. The Bertz CT molecular complexity index is 824. The Morgan fingerprint density at radius 3 is 2.79 bits per heavy atom. The number of amides is 2. The van der Waals surface area contributed by atoms with E-state index in [0.717, 1.165) is 24.2 Å². The molecule has 1 atom stereocenters. The van der Waals surface area contributed by atoms with Gasteiger partial charge in [0.15, 0.2) is 0 Å². The number of rotatable bonds is 7. The van der Waals surface area contributed by atoms with Crippen molar-refractivity contribution in [3.63, 3.8) is 0 Å². The van der Waals surface area contributed by atoms with Crippen LogP contribution in [0.5, 0.6) is 0 Å². The Kier molecular flexibility index (Phi) is 6.72. The summed E-state index contributed by atoms with van der Waals surface area (Å²) < 4.78 is 26.0. The highest BCUT2D eigenvalue weighted by molar-refractivity contribution is 7.89. The summed E-state index contributed by atoms with van der Waals surface area (Å²) in [5.41, 5.74) is 1.79. The molecule has 1 N–H and O–H groups in total. The lowest BCUT2D eigenvalue weighted by Crippen LogP contribution is -2.45. The standard InChI is InChI=1S/C20H29N3O4S/c1-2-12-28(26,27)22-10-4-7-17(15-22)20(25)21-14-16-6-3-8-18(13-16)23-11-5-9-19(23)24/h3,6,8,13,17H,2,4-5,7,9-12,14-15H2,1H3,(H,21,25). The number of nitrogens with zero attached hydrogens (tertiary/aromatic N) is 2. The molecule has 0 saturated carbocycles. The van der Waals surface area contributed by atoms with E-state index in [4.69, 9.17) is 0 Å². The second-order valence-corrected chi connectivity index (χ2v) is 9.64. The van der Waals surface area contributed by atoms with E-state index in [1.165, 1.54) is 4.31 Å². The molecule has 3 rings (SSSR count). The van der Waals surface area contributed by atoms with Crippen molar-refractivity contribution in [1.29, 1.82) is 0 Å². The van der Waals surface area contributed by atoms with Crippen LogP contribution in [-0.2, 0) is 26.2 Å². The molecule has 1 unspecified atom stereocenters. The fourth-order valence-corrected chi connectivity index (χ4v) is 5.47. The van der Waals surface area contributed by atoms with Crippen molar-refractivity contribution in [2.45, 2.75) is 45.6 Å². The highest BCUT2D eigenvalue weighted by Crippen LogP contribution is 2.23. The van der Waals surface area contributed by atoms with E-state index >= 15 is 0 Å². The highest BCUT2D eigenvalue weighted by Gasteiger charge is 2.31. The predicted molar refractivity (Wildman–Crippen MR) is 108 cm³/mol. The molecule has 0 aliphatic carbocycles. The van der Waals surface area contributed by atoms with Gasteiger partial charge in [0.1, 0.15) is 0 Å². The van der Waals surface area contributed by atoms with Crippen LogP contribution in [0.25, 0.3) is 0 Å². The first kappa shape index (κ1) is 20.8. The number of nitrogens with one attached hydrogen (secondary N) is 1. The van der Waals surface area contributed by atoms with Gasteiger partial charge in [0, 0.05) is 38.3 Å². The first-order valence-corrected chi connectivity index (χ1v) is 11.7. The molecule has 1 aromatic carbocycles. The molecule has 2 aliphatic rings. The van der Waals surface area contributed by atoms with Gasteiger partial charge in [-0.3, -0.25) is 9.59 Å². The van der Waals surface area contributed by atoms with Crippen molar-refractivity contribution in [3.8, 4) is 0 Å². The quantitative estimate of drug-likeness (QED) is 0.748. The van der Waals surface area contributed by atoms with Crippen molar-refractivity contribution in [2.24, 2.45) is 5.92 Å². The van der Waals surface area contributed by atoms with Crippen LogP contribution in [0, 0.1) is 5.92 Å². The summed E-state index contributed by atoms with van der Waals surface area (Å²) in [5, 5.41) is 2.94. The fraction of sp³-hybridized carbons (Fsp3) is 0.600. The van der Waals surface area contributed by atoms with E-state index in [1.54, 1.807) is 4.90 Å². The number of hydrogen-bond donors (Lipinski definition) is 1. The van der Waals surface area contributed by atoms with Crippen LogP contribution in [0.2, 0.25) is 0 Å². The molecule has 2 fully saturated rings. The zero-order valence-electron chi connectivity index (χ0n) is 16.4. The summed E-state index contributed by atoms with van der Waals surface area (Å²) in [7, 11) is -3.27. The number of benzene rings is 1. The maximum atomic E-state index is 12.6. The number of piperidine rings is 1. The number of sulfonamides is 1. The molecule has 0 aromatic heterocycles. The number of carbonyl (C=O) groups is 2. The average Bonchev–Trinajstić information content (AvgIpc) is 3.12. The van der Waals surface area contributed by atoms with Gasteiger partial charge >= 0.3 is 0 Å². The summed E-state index contributed by atoms with van der Waals surface area (Å²) in [6.07, 6.45) is 3.43. The largest absolute Gasteiger partial charge is 0.352 e. The lowest BCUT2D eigenvalue weighted by molar-refractivity contribution is -0.126. The Morgan fingerprint density at radius 2 is 2.07 bits per heavy atom. The van der Waals surface area contributed by atoms with Crippen molar-refractivity contribution in [1.82, 2.24) is 9.62 Å². The zero-order chi connectivity index (χ0) is 20.1. The predicted octanol–water partition coefficient (Wildman–Crippen LogP) is 1.88. The van der Waals surface area contributed by atoms with Gasteiger partial charge in [-0.1, -0.05) is 19.1 Å². The molecule has 7 nitrogen and oxygen atoms in total. The van der Waals surface area contributed by atoms with Gasteiger partial charge < -0.3 is 10.2 Å². The summed E-state index contributed by atoms with van der Waals surface area (Å²) in [4.78, 5) is 26.3. The summed E-state index contributed by atoms with van der Waals surface area (Å²) >= 11 is 0. The topological polar surface area (TPSA) is 86.8 Å². The van der Waals surface area contributed by atoms with Crippen LogP contribution >= 0.6 is 0 Å². The van der Waals surface area contributed by atoms with E-state index in [-0.39, 0.29) is 30.0 Å². The van der Waals surface area contributed by atoms with Gasteiger partial charge in [-0.25, -0.2) is 12.7 Å². The fourth-order valence-electron chi connectivity index (χ4n) is 3.89. The van der Waals surface area contributed by atoms with Crippen LogP contribution in [0.15, 0.2) is 24.3 Å². The third kappa shape index (κ3) is 4.91. The van der Waals surface area contributed by atoms with E-state index in [0.29, 0.717) is 38.8 Å². The molecule has 2 heterocycles. The zero-order valence-corrected chi connectivity index (χ0v) is 17.2. The molecular weight excluding hydrogens is 378 g/mol. The van der Waals surface area contributed by atoms with Crippen molar-refractivity contribution < 1.29 is 18.0 Å². The second-order valence-electron chi connectivity index (χ2n) is 7.55. The van der Waals surface area contributed by atoms with Crippen LogP contribution in [0.1, 0.15) is 44.6 Å². The van der Waals surface area contributed by atoms with Gasteiger partial charge in [0.2, 0.25) is 21.8 Å². The minimum absolute atomic E-state index is 0.112. The van der Waals surface area contributed by atoms with Crippen LogP contribution in [-0.4, -0.2) is 49.9 Å².